The number of anilines is 1. The van der Waals surface area contributed by atoms with E-state index in [1.54, 1.807) is 0 Å². The Bertz CT molecular complexity index is 996. The zero-order valence-corrected chi connectivity index (χ0v) is 19.5. The Morgan fingerprint density at radius 1 is 0.893 bits per heavy atom. The van der Waals surface area contributed by atoms with Crippen LogP contribution in [0.1, 0.15) is 15.9 Å². The van der Waals surface area contributed by atoms with Crippen LogP contribution >= 0.6 is 43.6 Å². The number of thioether (sulfide) groups is 1. The first kappa shape index (κ1) is 20.9. The van der Waals surface area contributed by atoms with Gasteiger partial charge in [-0.15, -0.1) is 0 Å². The van der Waals surface area contributed by atoms with Crippen molar-refractivity contribution in [2.45, 2.75) is 4.90 Å². The standard InChI is InChI=1S/C23H19Br2NOS/c1-26(2)19-13-7-16(8-14-19)15-22(28-21-6-4-3-5-20(21)25)23(27)17-9-11-18(24)12-10-17/h3-15H,1-2H3/b22-15+. The minimum atomic E-state index is 0.00457. The van der Waals surface area contributed by atoms with Gasteiger partial charge < -0.3 is 4.90 Å². The molecule has 0 aromatic heterocycles. The lowest BCUT2D eigenvalue weighted by atomic mass is 10.1. The minimum Gasteiger partial charge on any atom is -0.378 e. The summed E-state index contributed by atoms with van der Waals surface area (Å²) >= 11 is 8.48. The molecule has 28 heavy (non-hydrogen) atoms. The summed E-state index contributed by atoms with van der Waals surface area (Å²) in [6.45, 7) is 0. The molecule has 0 saturated heterocycles. The molecule has 0 N–H and O–H groups in total. The second-order valence-electron chi connectivity index (χ2n) is 6.36. The summed E-state index contributed by atoms with van der Waals surface area (Å²) in [7, 11) is 4.02. The zero-order chi connectivity index (χ0) is 20.1. The second-order valence-corrected chi connectivity index (χ2v) is 9.22. The molecule has 0 heterocycles. The van der Waals surface area contributed by atoms with Crippen molar-refractivity contribution >= 4 is 61.2 Å². The van der Waals surface area contributed by atoms with Gasteiger partial charge in [0, 0.05) is 39.2 Å². The van der Waals surface area contributed by atoms with Gasteiger partial charge in [-0.1, -0.05) is 52.0 Å². The highest BCUT2D eigenvalue weighted by Gasteiger charge is 2.15. The highest BCUT2D eigenvalue weighted by molar-refractivity contribution is 9.10. The number of Topliss-reactive ketones (excluding diaryl/α,β-unsaturated/α-hetero) is 1. The molecule has 3 rings (SSSR count). The number of benzene rings is 3. The van der Waals surface area contributed by atoms with Gasteiger partial charge >= 0.3 is 0 Å². The summed E-state index contributed by atoms with van der Waals surface area (Å²) in [6.07, 6.45) is 1.95. The Balaban J connectivity index is 1.99. The molecule has 0 fully saturated rings. The number of carbonyl (C=O) groups is 1. The number of carbonyl (C=O) groups excluding carboxylic acids is 1. The summed E-state index contributed by atoms with van der Waals surface area (Å²) in [5.41, 5.74) is 2.78. The molecule has 3 aromatic rings. The lowest BCUT2D eigenvalue weighted by Gasteiger charge is -2.12. The Morgan fingerprint density at radius 3 is 2.14 bits per heavy atom. The lowest BCUT2D eigenvalue weighted by molar-refractivity contribution is 0.104. The molecule has 5 heteroatoms. The first-order valence-corrected chi connectivity index (χ1v) is 11.1. The van der Waals surface area contributed by atoms with Crippen molar-refractivity contribution in [2.24, 2.45) is 0 Å². The molecule has 0 aliphatic heterocycles. The van der Waals surface area contributed by atoms with Crippen LogP contribution in [0.15, 0.2) is 91.5 Å². The van der Waals surface area contributed by atoms with Crippen LogP contribution in [0.3, 0.4) is 0 Å². The van der Waals surface area contributed by atoms with E-state index in [2.05, 4.69) is 48.9 Å². The summed E-state index contributed by atoms with van der Waals surface area (Å²) in [6, 6.07) is 23.6. The molecule has 0 unspecified atom stereocenters. The van der Waals surface area contributed by atoms with Gasteiger partial charge in [0.25, 0.3) is 0 Å². The van der Waals surface area contributed by atoms with Crippen LogP contribution in [0.5, 0.6) is 0 Å². The van der Waals surface area contributed by atoms with E-state index in [4.69, 9.17) is 0 Å². The van der Waals surface area contributed by atoms with E-state index in [-0.39, 0.29) is 5.78 Å². The maximum absolute atomic E-state index is 13.2. The molecule has 0 radical (unpaired) electrons. The first-order chi connectivity index (χ1) is 13.4. The van der Waals surface area contributed by atoms with Crippen molar-refractivity contribution in [3.05, 3.63) is 97.8 Å². The van der Waals surface area contributed by atoms with E-state index < -0.39 is 0 Å². The molecular weight excluding hydrogens is 498 g/mol. The van der Waals surface area contributed by atoms with E-state index in [1.807, 2.05) is 80.8 Å². The normalized spacial score (nSPS) is 11.4. The SMILES string of the molecule is CN(C)c1ccc(/C=C(/Sc2ccccc2Br)C(=O)c2ccc(Br)cc2)cc1. The van der Waals surface area contributed by atoms with Crippen molar-refractivity contribution in [2.75, 3.05) is 19.0 Å². The van der Waals surface area contributed by atoms with Gasteiger partial charge in [0.1, 0.15) is 0 Å². The Kier molecular flexibility index (Phi) is 7.16. The van der Waals surface area contributed by atoms with Gasteiger partial charge in [0.2, 0.25) is 0 Å². The lowest BCUT2D eigenvalue weighted by Crippen LogP contribution is -2.08. The fourth-order valence-electron chi connectivity index (χ4n) is 2.55. The van der Waals surface area contributed by atoms with Crippen LogP contribution in [0.4, 0.5) is 5.69 Å². The van der Waals surface area contributed by atoms with Gasteiger partial charge in [-0.2, -0.15) is 0 Å². The third kappa shape index (κ3) is 5.37. The molecule has 2 nitrogen and oxygen atoms in total. The van der Waals surface area contributed by atoms with E-state index in [0.29, 0.717) is 10.5 Å². The molecule has 0 bridgehead atoms. The smallest absolute Gasteiger partial charge is 0.199 e. The second kappa shape index (κ2) is 9.59. The first-order valence-electron chi connectivity index (χ1n) is 8.66. The quantitative estimate of drug-likeness (QED) is 0.195. The predicted molar refractivity (Wildman–Crippen MR) is 127 cm³/mol. The maximum Gasteiger partial charge on any atom is 0.199 e. The fourth-order valence-corrected chi connectivity index (χ4v) is 4.30. The van der Waals surface area contributed by atoms with Gasteiger partial charge in [-0.3, -0.25) is 4.79 Å². The zero-order valence-electron chi connectivity index (χ0n) is 15.5. The number of ketones is 1. The molecule has 0 aliphatic carbocycles. The van der Waals surface area contributed by atoms with Crippen LogP contribution in [0.25, 0.3) is 6.08 Å². The van der Waals surface area contributed by atoms with Crippen LogP contribution in [-0.4, -0.2) is 19.9 Å². The number of hydrogen-bond acceptors (Lipinski definition) is 3. The average Bonchev–Trinajstić information content (AvgIpc) is 2.69. The number of nitrogens with zero attached hydrogens (tertiary/aromatic N) is 1. The number of halogens is 2. The van der Waals surface area contributed by atoms with Crippen LogP contribution in [0.2, 0.25) is 0 Å². The molecule has 0 saturated carbocycles. The largest absolute Gasteiger partial charge is 0.378 e. The third-order valence-electron chi connectivity index (χ3n) is 4.09. The molecule has 0 atom stereocenters. The molecule has 0 amide bonds. The van der Waals surface area contributed by atoms with Crippen molar-refractivity contribution in [3.8, 4) is 0 Å². The van der Waals surface area contributed by atoms with Crippen molar-refractivity contribution in [3.63, 3.8) is 0 Å². The summed E-state index contributed by atoms with van der Waals surface area (Å²) in [5.74, 6) is 0.00457. The molecule has 0 spiro atoms. The third-order valence-corrected chi connectivity index (χ3v) is 6.68. The number of allylic oxidation sites excluding steroid dienone is 1. The summed E-state index contributed by atoms with van der Waals surface area (Å²) < 4.78 is 1.92. The maximum atomic E-state index is 13.2. The van der Waals surface area contributed by atoms with Crippen LogP contribution in [-0.2, 0) is 0 Å². The van der Waals surface area contributed by atoms with Crippen molar-refractivity contribution < 1.29 is 4.79 Å². The van der Waals surface area contributed by atoms with E-state index in [9.17, 15) is 4.79 Å². The van der Waals surface area contributed by atoms with Gasteiger partial charge in [-0.05, 0) is 76.1 Å². The van der Waals surface area contributed by atoms with Crippen LogP contribution < -0.4 is 4.90 Å². The molecule has 142 valence electrons. The Labute approximate surface area is 186 Å². The van der Waals surface area contributed by atoms with E-state index in [0.717, 1.165) is 25.1 Å². The molecule has 0 aliphatic rings. The topological polar surface area (TPSA) is 20.3 Å². The average molecular weight is 517 g/mol. The molecule has 3 aromatic carbocycles. The Hall–Kier alpha value is -1.82. The summed E-state index contributed by atoms with van der Waals surface area (Å²) in [5, 5.41) is 0. The van der Waals surface area contributed by atoms with E-state index >= 15 is 0 Å². The Morgan fingerprint density at radius 2 is 1.54 bits per heavy atom. The minimum absolute atomic E-state index is 0.00457. The van der Waals surface area contributed by atoms with Crippen molar-refractivity contribution in [1.82, 2.24) is 0 Å². The molecular formula is C23H19Br2NOS. The van der Waals surface area contributed by atoms with E-state index in [1.165, 1.54) is 11.8 Å². The van der Waals surface area contributed by atoms with Gasteiger partial charge in [0.15, 0.2) is 5.78 Å². The van der Waals surface area contributed by atoms with Crippen molar-refractivity contribution in [1.29, 1.82) is 0 Å². The van der Waals surface area contributed by atoms with Crippen LogP contribution in [0, 0.1) is 0 Å². The number of rotatable bonds is 6. The highest BCUT2D eigenvalue weighted by Crippen LogP contribution is 2.35. The van der Waals surface area contributed by atoms with Gasteiger partial charge in [0.05, 0.1) is 4.91 Å². The monoisotopic (exact) mass is 515 g/mol. The number of hydrogen-bond donors (Lipinski definition) is 0. The highest BCUT2D eigenvalue weighted by atomic mass is 79.9. The fraction of sp³-hybridized carbons (Fsp3) is 0.0870. The summed E-state index contributed by atoms with van der Waals surface area (Å²) in [4.78, 5) is 17.0. The predicted octanol–water partition coefficient (Wildman–Crippen LogP) is 7.29. The van der Waals surface area contributed by atoms with Gasteiger partial charge in [-0.25, -0.2) is 0 Å².